The third-order valence-corrected chi connectivity index (χ3v) is 6.66. The van der Waals surface area contributed by atoms with E-state index in [-0.39, 0.29) is 36.3 Å². The number of aryl methyl sites for hydroxylation is 1. The lowest BCUT2D eigenvalue weighted by molar-refractivity contribution is -0.115. The van der Waals surface area contributed by atoms with E-state index >= 15 is 0 Å². The second kappa shape index (κ2) is 9.23. The van der Waals surface area contributed by atoms with E-state index in [1.165, 1.54) is 0 Å². The van der Waals surface area contributed by atoms with E-state index in [1.807, 2.05) is 38.2 Å². The number of carbonyl (C=O) groups is 2. The second-order valence-electron chi connectivity index (χ2n) is 9.02. The van der Waals surface area contributed by atoms with Crippen molar-refractivity contribution in [1.82, 2.24) is 19.5 Å². The largest absolute Gasteiger partial charge is 0.355 e. The predicted octanol–water partition coefficient (Wildman–Crippen LogP) is 2.71. The van der Waals surface area contributed by atoms with Crippen molar-refractivity contribution in [2.45, 2.75) is 45.2 Å². The van der Waals surface area contributed by atoms with Gasteiger partial charge in [0.1, 0.15) is 5.82 Å². The van der Waals surface area contributed by atoms with Crippen molar-refractivity contribution in [2.24, 2.45) is 5.73 Å². The quantitative estimate of drug-likeness (QED) is 0.577. The summed E-state index contributed by atoms with van der Waals surface area (Å²) in [5.74, 6) is 0.709. The Bertz CT molecular complexity index is 1260. The Morgan fingerprint density at radius 3 is 2.88 bits per heavy atom. The van der Waals surface area contributed by atoms with Crippen LogP contribution in [0.25, 0.3) is 5.65 Å². The van der Waals surface area contributed by atoms with Crippen LogP contribution in [0.1, 0.15) is 53.0 Å². The first-order chi connectivity index (χ1) is 15.9. The zero-order chi connectivity index (χ0) is 23.3. The van der Waals surface area contributed by atoms with E-state index in [4.69, 9.17) is 15.8 Å². The molecule has 1 fully saturated rings. The number of para-hydroxylation sites is 1. The fraction of sp³-hybridized carbons (Fsp3) is 0.417. The Hall–Kier alpha value is -3.17. The molecule has 2 aliphatic heterocycles. The first-order valence-electron chi connectivity index (χ1n) is 11.4. The SMILES string of the molecule is CC[C@@H](c1cc2nc(N3CC[C@H](N)C3)c(C)cn2n1)N(C)C(=O)c1cccc2c1NC(=O)C2.Cl. The molecule has 0 unspecified atom stereocenters. The number of nitrogens with zero attached hydrogens (tertiary/aromatic N) is 5. The Labute approximate surface area is 204 Å². The van der Waals surface area contributed by atoms with Crippen LogP contribution in [-0.2, 0) is 11.2 Å². The van der Waals surface area contributed by atoms with Gasteiger partial charge in [-0.05, 0) is 31.4 Å². The molecule has 1 aromatic carbocycles. The number of anilines is 2. The molecule has 0 spiro atoms. The number of hydrogen-bond donors (Lipinski definition) is 2. The number of amides is 2. The molecule has 9 nitrogen and oxygen atoms in total. The van der Waals surface area contributed by atoms with E-state index in [9.17, 15) is 9.59 Å². The maximum atomic E-state index is 13.4. The van der Waals surface area contributed by atoms with Crippen LogP contribution in [0.3, 0.4) is 0 Å². The molecule has 2 atom stereocenters. The summed E-state index contributed by atoms with van der Waals surface area (Å²) in [5, 5.41) is 7.59. The molecular formula is C24H30ClN7O2. The van der Waals surface area contributed by atoms with Gasteiger partial charge in [-0.1, -0.05) is 19.1 Å². The molecule has 2 aliphatic rings. The molecule has 0 aliphatic carbocycles. The Kier molecular flexibility index (Phi) is 6.51. The molecule has 2 aromatic heterocycles. The molecule has 4 heterocycles. The molecule has 180 valence electrons. The molecular weight excluding hydrogens is 454 g/mol. The van der Waals surface area contributed by atoms with E-state index in [0.29, 0.717) is 24.1 Å². The lowest BCUT2D eigenvalue weighted by atomic mass is 10.0. The van der Waals surface area contributed by atoms with Crippen LogP contribution in [0.15, 0.2) is 30.5 Å². The molecule has 10 heteroatoms. The summed E-state index contributed by atoms with van der Waals surface area (Å²) in [6, 6.07) is 7.37. The van der Waals surface area contributed by atoms with E-state index in [1.54, 1.807) is 22.5 Å². The minimum Gasteiger partial charge on any atom is -0.355 e. The van der Waals surface area contributed by atoms with Crippen molar-refractivity contribution in [3.63, 3.8) is 0 Å². The minimum atomic E-state index is -0.226. The van der Waals surface area contributed by atoms with E-state index in [0.717, 1.165) is 47.8 Å². The van der Waals surface area contributed by atoms with E-state index < -0.39 is 0 Å². The fourth-order valence-electron chi connectivity index (χ4n) is 4.92. The summed E-state index contributed by atoms with van der Waals surface area (Å²) < 4.78 is 1.78. The maximum Gasteiger partial charge on any atom is 0.256 e. The highest BCUT2D eigenvalue weighted by Gasteiger charge is 2.29. The van der Waals surface area contributed by atoms with Crippen molar-refractivity contribution >= 4 is 41.4 Å². The third kappa shape index (κ3) is 4.10. The molecule has 2 amide bonds. The van der Waals surface area contributed by atoms with Gasteiger partial charge >= 0.3 is 0 Å². The number of fused-ring (bicyclic) bond motifs is 2. The summed E-state index contributed by atoms with van der Waals surface area (Å²) in [5.41, 5.74) is 10.6. The number of hydrogen-bond acceptors (Lipinski definition) is 6. The average Bonchev–Trinajstić information content (AvgIpc) is 3.49. The molecule has 34 heavy (non-hydrogen) atoms. The van der Waals surface area contributed by atoms with Crippen LogP contribution in [0.2, 0.25) is 0 Å². The van der Waals surface area contributed by atoms with Crippen LogP contribution in [0, 0.1) is 6.92 Å². The second-order valence-corrected chi connectivity index (χ2v) is 9.02. The lowest BCUT2D eigenvalue weighted by Gasteiger charge is -2.26. The zero-order valence-electron chi connectivity index (χ0n) is 19.6. The number of nitrogens with one attached hydrogen (secondary N) is 1. The maximum absolute atomic E-state index is 13.4. The highest BCUT2D eigenvalue weighted by Crippen LogP contribution is 2.31. The van der Waals surface area contributed by atoms with Crippen LogP contribution in [-0.4, -0.2) is 57.5 Å². The van der Waals surface area contributed by atoms with Crippen LogP contribution in [0.5, 0.6) is 0 Å². The van der Waals surface area contributed by atoms with Crippen LogP contribution >= 0.6 is 12.4 Å². The molecule has 0 saturated carbocycles. The molecule has 0 radical (unpaired) electrons. The standard InChI is InChI=1S/C24H29N7O2.ClH/c1-4-19(29(3)24(33)17-7-5-6-15-10-21(32)27-22(15)17)18-11-20-26-23(14(2)12-31(20)28-18)30-9-8-16(25)13-30;/h5-7,11-12,16,19H,4,8-10,13,25H2,1-3H3,(H,27,32);1H/t16-,19-;/m0./s1. The van der Waals surface area contributed by atoms with Gasteiger partial charge in [0.25, 0.3) is 5.91 Å². The smallest absolute Gasteiger partial charge is 0.256 e. The normalized spacial score (nSPS) is 17.9. The Morgan fingerprint density at radius 2 is 2.18 bits per heavy atom. The summed E-state index contributed by atoms with van der Waals surface area (Å²) >= 11 is 0. The molecule has 3 N–H and O–H groups in total. The first-order valence-corrected chi connectivity index (χ1v) is 11.4. The third-order valence-electron chi connectivity index (χ3n) is 6.66. The van der Waals surface area contributed by atoms with Gasteiger partial charge in [0.2, 0.25) is 5.91 Å². The summed E-state index contributed by atoms with van der Waals surface area (Å²) in [7, 11) is 1.78. The topological polar surface area (TPSA) is 109 Å². The highest BCUT2D eigenvalue weighted by molar-refractivity contribution is 6.08. The van der Waals surface area contributed by atoms with Gasteiger partial charge in [0.15, 0.2) is 5.65 Å². The first kappa shape index (κ1) is 24.0. The van der Waals surface area contributed by atoms with Gasteiger partial charge in [-0.2, -0.15) is 5.10 Å². The Balaban J connectivity index is 0.00000274. The molecule has 1 saturated heterocycles. The van der Waals surface area contributed by atoms with Gasteiger partial charge in [0, 0.05) is 44.0 Å². The van der Waals surface area contributed by atoms with Crippen molar-refractivity contribution in [3.05, 3.63) is 52.8 Å². The number of aromatic nitrogens is 3. The molecule has 0 bridgehead atoms. The predicted molar refractivity (Wildman–Crippen MR) is 134 cm³/mol. The minimum absolute atomic E-state index is 0. The number of halogens is 1. The lowest BCUT2D eigenvalue weighted by Crippen LogP contribution is -2.31. The van der Waals surface area contributed by atoms with Crippen molar-refractivity contribution in [3.8, 4) is 0 Å². The van der Waals surface area contributed by atoms with Crippen molar-refractivity contribution < 1.29 is 9.59 Å². The Morgan fingerprint density at radius 1 is 1.38 bits per heavy atom. The van der Waals surface area contributed by atoms with Crippen LogP contribution in [0.4, 0.5) is 11.5 Å². The van der Waals surface area contributed by atoms with E-state index in [2.05, 4.69) is 10.2 Å². The van der Waals surface area contributed by atoms with Crippen molar-refractivity contribution in [2.75, 3.05) is 30.4 Å². The fourth-order valence-corrected chi connectivity index (χ4v) is 4.92. The van der Waals surface area contributed by atoms with Crippen LogP contribution < -0.4 is 16.0 Å². The molecule has 5 rings (SSSR count). The summed E-state index contributed by atoms with van der Waals surface area (Å²) in [4.78, 5) is 34.1. The highest BCUT2D eigenvalue weighted by atomic mass is 35.5. The molecule has 3 aromatic rings. The van der Waals surface area contributed by atoms with Gasteiger partial charge < -0.3 is 20.9 Å². The van der Waals surface area contributed by atoms with Gasteiger partial charge in [-0.15, -0.1) is 12.4 Å². The van der Waals surface area contributed by atoms with Gasteiger partial charge in [-0.3, -0.25) is 9.59 Å². The van der Waals surface area contributed by atoms with Crippen molar-refractivity contribution in [1.29, 1.82) is 0 Å². The van der Waals surface area contributed by atoms with Gasteiger partial charge in [-0.25, -0.2) is 9.50 Å². The zero-order valence-corrected chi connectivity index (χ0v) is 20.4. The average molecular weight is 484 g/mol. The number of benzene rings is 1. The number of rotatable bonds is 5. The van der Waals surface area contributed by atoms with Gasteiger partial charge in [0.05, 0.1) is 29.4 Å². The summed E-state index contributed by atoms with van der Waals surface area (Å²) in [6.45, 7) is 5.77. The number of nitrogens with two attached hydrogens (primary N) is 1. The summed E-state index contributed by atoms with van der Waals surface area (Å²) in [6.07, 6.45) is 3.95. The monoisotopic (exact) mass is 483 g/mol. The number of carbonyl (C=O) groups excluding carboxylic acids is 2.